The van der Waals surface area contributed by atoms with Crippen molar-refractivity contribution < 1.29 is 4.79 Å². The Morgan fingerprint density at radius 2 is 2.13 bits per heavy atom. The number of aromatic nitrogens is 2. The van der Waals surface area contributed by atoms with E-state index in [1.54, 1.807) is 6.20 Å². The van der Waals surface area contributed by atoms with Crippen LogP contribution in [0, 0.1) is 0 Å². The fraction of sp³-hybridized carbons (Fsp3) is 0.273. The third kappa shape index (κ3) is 1.89. The first-order chi connectivity index (χ1) is 7.18. The normalized spacial score (nSPS) is 11.1. The van der Waals surface area contributed by atoms with Crippen LogP contribution in [-0.4, -0.2) is 41.2 Å². The summed E-state index contributed by atoms with van der Waals surface area (Å²) in [6.07, 6.45) is 1.71. The summed E-state index contributed by atoms with van der Waals surface area (Å²) in [6, 6.07) is 7.69. The number of likely N-dealkylation sites (N-methyl/N-ethyl adjacent to an activating group) is 1. The molecule has 78 valence electrons. The molecular weight excluding hydrogens is 190 g/mol. The van der Waals surface area contributed by atoms with Crippen molar-refractivity contribution >= 4 is 16.8 Å². The van der Waals surface area contributed by atoms with Crippen LogP contribution in [0.5, 0.6) is 0 Å². The van der Waals surface area contributed by atoms with Crippen LogP contribution in [0.2, 0.25) is 0 Å². The average Bonchev–Trinajstić information content (AvgIpc) is 2.59. The summed E-state index contributed by atoms with van der Waals surface area (Å²) in [5.74, 6) is -0.0128. The van der Waals surface area contributed by atoms with Crippen LogP contribution in [0.4, 0.5) is 0 Å². The molecule has 0 saturated heterocycles. The first kappa shape index (κ1) is 9.86. The molecule has 4 heteroatoms. The average molecular weight is 203 g/mol. The van der Waals surface area contributed by atoms with E-state index in [1.807, 2.05) is 43.3 Å². The molecule has 0 unspecified atom stereocenters. The molecule has 0 aliphatic heterocycles. The zero-order valence-electron chi connectivity index (χ0n) is 8.84. The summed E-state index contributed by atoms with van der Waals surface area (Å²) in [6.45, 7) is 0.367. The van der Waals surface area contributed by atoms with Crippen LogP contribution >= 0.6 is 0 Å². The van der Waals surface area contributed by atoms with E-state index in [2.05, 4.69) is 5.10 Å². The van der Waals surface area contributed by atoms with Gasteiger partial charge in [0.15, 0.2) is 0 Å². The Morgan fingerprint density at radius 1 is 1.40 bits per heavy atom. The molecule has 0 aliphatic rings. The summed E-state index contributed by atoms with van der Waals surface area (Å²) in [7, 11) is 3.73. The second-order valence-electron chi connectivity index (χ2n) is 3.75. The number of benzene rings is 1. The number of para-hydroxylation sites is 1. The highest BCUT2D eigenvalue weighted by molar-refractivity contribution is 5.91. The van der Waals surface area contributed by atoms with Gasteiger partial charge in [0.25, 0.3) is 5.91 Å². The molecule has 2 aromatic rings. The van der Waals surface area contributed by atoms with Crippen molar-refractivity contribution in [2.45, 2.75) is 0 Å². The van der Waals surface area contributed by atoms with Crippen LogP contribution < -0.4 is 0 Å². The van der Waals surface area contributed by atoms with E-state index in [0.717, 1.165) is 10.9 Å². The Kier molecular flexibility index (Phi) is 2.51. The summed E-state index contributed by atoms with van der Waals surface area (Å²) in [4.78, 5) is 13.6. The van der Waals surface area contributed by atoms with Crippen molar-refractivity contribution in [3.63, 3.8) is 0 Å². The number of nitrogens with zero attached hydrogens (tertiary/aromatic N) is 3. The molecule has 2 rings (SSSR count). The number of rotatable bonds is 2. The zero-order valence-corrected chi connectivity index (χ0v) is 8.84. The smallest absolute Gasteiger partial charge is 0.261 e. The van der Waals surface area contributed by atoms with E-state index in [9.17, 15) is 4.79 Å². The van der Waals surface area contributed by atoms with Crippen LogP contribution in [0.3, 0.4) is 0 Å². The number of carbonyl (C=O) groups excluding carboxylic acids is 1. The minimum atomic E-state index is -0.0128. The quantitative estimate of drug-likeness (QED) is 0.737. The predicted molar refractivity (Wildman–Crippen MR) is 58.9 cm³/mol. The monoisotopic (exact) mass is 203 g/mol. The molecule has 0 spiro atoms. The molecule has 0 amide bonds. The second-order valence-corrected chi connectivity index (χ2v) is 3.75. The molecule has 0 radical (unpaired) electrons. The van der Waals surface area contributed by atoms with Gasteiger partial charge in [-0.3, -0.25) is 4.79 Å². The van der Waals surface area contributed by atoms with Gasteiger partial charge < -0.3 is 4.90 Å². The van der Waals surface area contributed by atoms with Gasteiger partial charge in [0.05, 0.1) is 18.3 Å². The van der Waals surface area contributed by atoms with E-state index in [-0.39, 0.29) is 5.91 Å². The van der Waals surface area contributed by atoms with Gasteiger partial charge in [0, 0.05) is 5.39 Å². The molecule has 1 heterocycles. The van der Waals surface area contributed by atoms with Gasteiger partial charge >= 0.3 is 0 Å². The van der Waals surface area contributed by atoms with Gasteiger partial charge in [-0.15, -0.1) is 0 Å². The Balaban J connectivity index is 2.40. The lowest BCUT2D eigenvalue weighted by Crippen LogP contribution is -2.26. The Labute approximate surface area is 88.1 Å². The van der Waals surface area contributed by atoms with Crippen molar-refractivity contribution in [1.29, 1.82) is 0 Å². The maximum Gasteiger partial charge on any atom is 0.261 e. The topological polar surface area (TPSA) is 38.1 Å². The highest BCUT2D eigenvalue weighted by Crippen LogP contribution is 2.12. The molecule has 1 aromatic heterocycles. The van der Waals surface area contributed by atoms with E-state index in [1.165, 1.54) is 4.68 Å². The Hall–Kier alpha value is -1.68. The van der Waals surface area contributed by atoms with Gasteiger partial charge in [-0.25, -0.2) is 0 Å². The van der Waals surface area contributed by atoms with Gasteiger partial charge in [0.2, 0.25) is 0 Å². The number of carbonyl (C=O) groups is 1. The van der Waals surface area contributed by atoms with Gasteiger partial charge in [0.1, 0.15) is 0 Å². The fourth-order valence-corrected chi connectivity index (χ4v) is 1.51. The lowest BCUT2D eigenvalue weighted by molar-refractivity contribution is 0.0866. The van der Waals surface area contributed by atoms with Crippen molar-refractivity contribution in [1.82, 2.24) is 14.7 Å². The maximum absolute atomic E-state index is 11.8. The molecule has 0 saturated carbocycles. The van der Waals surface area contributed by atoms with Crippen LogP contribution in [0.1, 0.15) is 4.79 Å². The van der Waals surface area contributed by atoms with Crippen LogP contribution in [0.25, 0.3) is 10.9 Å². The summed E-state index contributed by atoms with van der Waals surface area (Å²) < 4.78 is 1.45. The molecule has 4 nitrogen and oxygen atoms in total. The van der Waals surface area contributed by atoms with Crippen LogP contribution in [-0.2, 0) is 0 Å². The molecule has 0 fully saturated rings. The SMILES string of the molecule is CN(C)CC(=O)n1ncc2ccccc21. The van der Waals surface area contributed by atoms with Gasteiger partial charge in [-0.2, -0.15) is 9.78 Å². The van der Waals surface area contributed by atoms with Crippen molar-refractivity contribution in [2.75, 3.05) is 20.6 Å². The van der Waals surface area contributed by atoms with Crippen molar-refractivity contribution in [2.24, 2.45) is 0 Å². The first-order valence-corrected chi connectivity index (χ1v) is 4.79. The van der Waals surface area contributed by atoms with Gasteiger partial charge in [-0.05, 0) is 20.2 Å². The Bertz CT molecular complexity index is 487. The third-order valence-electron chi connectivity index (χ3n) is 2.16. The molecule has 0 aliphatic carbocycles. The summed E-state index contributed by atoms with van der Waals surface area (Å²) in [5, 5.41) is 5.08. The standard InChI is InChI=1S/C11H13N3O/c1-13(2)8-11(15)14-10-6-4-3-5-9(10)7-12-14/h3-7H,8H2,1-2H3. The minimum Gasteiger partial charge on any atom is -0.301 e. The second kappa shape index (κ2) is 3.82. The van der Waals surface area contributed by atoms with Crippen molar-refractivity contribution in [3.8, 4) is 0 Å². The molecule has 0 atom stereocenters. The first-order valence-electron chi connectivity index (χ1n) is 4.79. The minimum absolute atomic E-state index is 0.0128. The van der Waals surface area contributed by atoms with E-state index in [0.29, 0.717) is 6.54 Å². The molecule has 1 aromatic carbocycles. The van der Waals surface area contributed by atoms with E-state index < -0.39 is 0 Å². The predicted octanol–water partition coefficient (Wildman–Crippen LogP) is 1.24. The Morgan fingerprint density at radius 3 is 2.87 bits per heavy atom. The highest BCUT2D eigenvalue weighted by Gasteiger charge is 2.10. The van der Waals surface area contributed by atoms with E-state index >= 15 is 0 Å². The highest BCUT2D eigenvalue weighted by atomic mass is 16.2. The fourth-order valence-electron chi connectivity index (χ4n) is 1.51. The molecule has 15 heavy (non-hydrogen) atoms. The lowest BCUT2D eigenvalue weighted by atomic mass is 10.2. The number of hydrogen-bond donors (Lipinski definition) is 0. The number of hydrogen-bond acceptors (Lipinski definition) is 3. The maximum atomic E-state index is 11.8. The number of fused-ring (bicyclic) bond motifs is 1. The summed E-state index contributed by atoms with van der Waals surface area (Å²) >= 11 is 0. The van der Waals surface area contributed by atoms with Crippen molar-refractivity contribution in [3.05, 3.63) is 30.5 Å². The van der Waals surface area contributed by atoms with Gasteiger partial charge in [-0.1, -0.05) is 18.2 Å². The largest absolute Gasteiger partial charge is 0.301 e. The lowest BCUT2D eigenvalue weighted by Gasteiger charge is -2.08. The zero-order chi connectivity index (χ0) is 10.8. The molecule has 0 bridgehead atoms. The molecule has 0 N–H and O–H groups in total. The van der Waals surface area contributed by atoms with E-state index in [4.69, 9.17) is 0 Å². The van der Waals surface area contributed by atoms with Crippen LogP contribution in [0.15, 0.2) is 30.5 Å². The third-order valence-corrected chi connectivity index (χ3v) is 2.16. The molecular formula is C11H13N3O. The summed E-state index contributed by atoms with van der Waals surface area (Å²) in [5.41, 5.74) is 0.865.